The van der Waals surface area contributed by atoms with E-state index in [0.717, 1.165) is 40.4 Å². The van der Waals surface area contributed by atoms with Gasteiger partial charge < -0.3 is 0 Å². The van der Waals surface area contributed by atoms with Crippen molar-refractivity contribution in [3.8, 4) is 0 Å². The van der Waals surface area contributed by atoms with E-state index in [9.17, 15) is 0 Å². The van der Waals surface area contributed by atoms with Gasteiger partial charge in [-0.25, -0.2) is 0 Å². The number of hydrogen-bond donors (Lipinski definition) is 0. The van der Waals surface area contributed by atoms with Gasteiger partial charge in [0.1, 0.15) is 0 Å². The molecule has 5 rings (SSSR count). The molecule has 4 fully saturated rings. The Morgan fingerprint density at radius 2 is 1.86 bits per heavy atom. The fourth-order valence-corrected chi connectivity index (χ4v) is 18.3. The van der Waals surface area contributed by atoms with Crippen LogP contribution in [0, 0.1) is 10.5 Å². The van der Waals surface area contributed by atoms with Crippen molar-refractivity contribution in [1.82, 2.24) is 9.80 Å². The summed E-state index contributed by atoms with van der Waals surface area (Å²) in [5, 5.41) is 0.885. The van der Waals surface area contributed by atoms with Crippen molar-refractivity contribution in [1.29, 1.82) is 0 Å². The van der Waals surface area contributed by atoms with E-state index in [0.29, 0.717) is 0 Å². The van der Waals surface area contributed by atoms with Crippen LogP contribution in [0.5, 0.6) is 0 Å². The molecule has 2 atom stereocenters. The Bertz CT molecular complexity index is 778. The molecule has 0 saturated carbocycles. The summed E-state index contributed by atoms with van der Waals surface area (Å²) >= 11 is 8.17. The number of allylic oxidation sites excluding steroid dienone is 1. The predicted octanol–water partition coefficient (Wildman–Crippen LogP) is 6.29. The van der Waals surface area contributed by atoms with Gasteiger partial charge in [-0.1, -0.05) is 11.6 Å². The second kappa shape index (κ2) is 8.11. The summed E-state index contributed by atoms with van der Waals surface area (Å²) in [7, 11) is 0. The average Bonchev–Trinajstić information content (AvgIpc) is 2.68. The zero-order chi connectivity index (χ0) is 20.3. The molecule has 1 aromatic rings. The van der Waals surface area contributed by atoms with Gasteiger partial charge in [0.2, 0.25) is 0 Å². The third kappa shape index (κ3) is 3.91. The molecule has 2 nitrogen and oxygen atoms in total. The van der Waals surface area contributed by atoms with Crippen molar-refractivity contribution >= 4 is 54.0 Å². The van der Waals surface area contributed by atoms with Crippen LogP contribution in [0.1, 0.15) is 50.2 Å². The van der Waals surface area contributed by atoms with Gasteiger partial charge in [-0.3, -0.25) is 0 Å². The molecule has 0 bridgehead atoms. The van der Waals surface area contributed by atoms with Gasteiger partial charge in [-0.2, -0.15) is 0 Å². The molecule has 5 heteroatoms. The number of piperazine rings is 1. The van der Waals surface area contributed by atoms with Crippen LogP contribution in [0.2, 0.25) is 5.02 Å². The van der Waals surface area contributed by atoms with E-state index in [-0.39, 0.29) is 0 Å². The minimum atomic E-state index is -0.538. The molecule has 0 amide bonds. The van der Waals surface area contributed by atoms with E-state index in [1.165, 1.54) is 41.3 Å². The first-order valence-electron chi connectivity index (χ1n) is 11.1. The molecular formula is C24H33ClI2N2. The minimum absolute atomic E-state index is 0.538. The molecule has 0 aliphatic carbocycles. The molecule has 2 unspecified atom stereocenters. The molecular weight excluding hydrogens is 606 g/mol. The Kier molecular flexibility index (Phi) is 5.96. The van der Waals surface area contributed by atoms with Gasteiger partial charge in [-0.05, 0) is 35.1 Å². The van der Waals surface area contributed by atoms with Crippen LogP contribution in [0.4, 0.5) is 0 Å². The summed E-state index contributed by atoms with van der Waals surface area (Å²) in [6.07, 6.45) is 8.34. The van der Waals surface area contributed by atoms with Crippen LogP contribution in [0.15, 0.2) is 24.4 Å². The average molecular weight is 639 g/mol. The Labute approximate surface area is 202 Å². The first-order chi connectivity index (χ1) is 13.8. The van der Waals surface area contributed by atoms with Crippen molar-refractivity contribution in [2.24, 2.45) is 0 Å². The molecule has 4 aliphatic heterocycles. The summed E-state index contributed by atoms with van der Waals surface area (Å²) < 4.78 is 4.51. The molecule has 160 valence electrons. The second-order valence-electron chi connectivity index (χ2n) is 9.78. The maximum absolute atomic E-state index is 6.37. The van der Waals surface area contributed by atoms with E-state index in [1.807, 2.05) is 0 Å². The third-order valence-corrected chi connectivity index (χ3v) is 19.4. The summed E-state index contributed by atoms with van der Waals surface area (Å²) in [5.41, 5.74) is 3.92. The summed E-state index contributed by atoms with van der Waals surface area (Å²) in [4.78, 5) is 5.39. The Morgan fingerprint density at radius 3 is 2.45 bits per heavy atom. The normalized spacial score (nSPS) is 35.0. The zero-order valence-corrected chi connectivity index (χ0v) is 22.8. The Morgan fingerprint density at radius 1 is 1.21 bits per heavy atom. The fourth-order valence-electron chi connectivity index (χ4n) is 6.30. The van der Waals surface area contributed by atoms with Crippen LogP contribution < -0.4 is 0 Å². The zero-order valence-electron chi connectivity index (χ0n) is 17.7. The fraction of sp³-hybridized carbons (Fsp3) is 0.667. The molecule has 29 heavy (non-hydrogen) atoms. The Hall–Kier alpha value is 0.470. The monoisotopic (exact) mass is 638 g/mol. The van der Waals surface area contributed by atoms with Crippen molar-refractivity contribution in [3.05, 3.63) is 44.1 Å². The molecule has 4 heterocycles. The number of hydrogen-bond acceptors (Lipinski definition) is 2. The number of nitrogens with zero attached hydrogens (tertiary/aromatic N) is 2. The number of alkyl halides is 3. The van der Waals surface area contributed by atoms with Gasteiger partial charge in [-0.15, -0.1) is 0 Å². The first-order valence-corrected chi connectivity index (χ1v) is 16.1. The van der Waals surface area contributed by atoms with E-state index in [2.05, 4.69) is 64.9 Å². The Balaban J connectivity index is 1.10. The van der Waals surface area contributed by atoms with Crippen LogP contribution in [-0.4, -0.2) is 53.3 Å². The SMILES string of the molecule is C=C(CCc1cc(C)c(I)c(Cl)c1)N1CCN(C2CC3CC4(C)CC(C2)I34)CC1. The third-order valence-electron chi connectivity index (χ3n) is 7.79. The maximum atomic E-state index is 6.37. The molecule has 0 radical (unpaired) electrons. The summed E-state index contributed by atoms with van der Waals surface area (Å²) in [5.74, 6) is 0. The second-order valence-corrected chi connectivity index (χ2v) is 19.4. The van der Waals surface area contributed by atoms with Crippen molar-refractivity contribution < 1.29 is 0 Å². The molecule has 0 aromatic heterocycles. The molecule has 1 aromatic carbocycles. The number of rotatable bonds is 5. The molecule has 4 saturated heterocycles. The summed E-state index contributed by atoms with van der Waals surface area (Å²) in [6.45, 7) is 14.0. The van der Waals surface area contributed by atoms with Crippen LogP contribution in [0.25, 0.3) is 0 Å². The number of benzene rings is 1. The van der Waals surface area contributed by atoms with Crippen molar-refractivity contribution in [3.63, 3.8) is 0 Å². The quantitative estimate of drug-likeness (QED) is 0.277. The molecule has 0 N–H and O–H groups in total. The van der Waals surface area contributed by atoms with Crippen LogP contribution in [0.3, 0.4) is 0 Å². The molecule has 0 spiro atoms. The first kappa shape index (κ1) is 21.3. The van der Waals surface area contributed by atoms with E-state index < -0.39 is 19.8 Å². The van der Waals surface area contributed by atoms with Crippen LogP contribution >= 0.6 is 54.0 Å². The predicted molar refractivity (Wildman–Crippen MR) is 142 cm³/mol. The van der Waals surface area contributed by atoms with Crippen molar-refractivity contribution in [2.75, 3.05) is 26.2 Å². The topological polar surface area (TPSA) is 6.48 Å². The standard InChI is InChI=1S/C24H33ClI2N2/c1-16-10-18(11-22(25)23(16)26)5-4-17(2)28-6-8-29(9-7-28)21-12-19-14-24(3)15-20(13-21)27(19)24/h10-11,19-21H,2,4-9,12-15H2,1,3H3. The summed E-state index contributed by atoms with van der Waals surface area (Å²) in [6, 6.07) is 5.31. The number of aryl methyl sites for hydroxylation is 2. The van der Waals surface area contributed by atoms with Gasteiger partial charge in [0.05, 0.1) is 5.02 Å². The van der Waals surface area contributed by atoms with Crippen molar-refractivity contribution in [2.45, 2.75) is 69.7 Å². The van der Waals surface area contributed by atoms with Gasteiger partial charge in [0.15, 0.2) is 0 Å². The van der Waals surface area contributed by atoms with E-state index in [1.54, 1.807) is 25.7 Å². The van der Waals surface area contributed by atoms with Crippen LogP contribution in [-0.2, 0) is 6.42 Å². The van der Waals surface area contributed by atoms with Gasteiger partial charge >= 0.3 is 149 Å². The number of halogens is 3. The van der Waals surface area contributed by atoms with E-state index in [4.69, 9.17) is 11.6 Å². The van der Waals surface area contributed by atoms with E-state index >= 15 is 0 Å². The molecule has 4 aliphatic rings. The van der Waals surface area contributed by atoms with Gasteiger partial charge in [0, 0.05) is 3.57 Å². The van der Waals surface area contributed by atoms with Gasteiger partial charge in [0.25, 0.3) is 0 Å².